The van der Waals surface area contributed by atoms with Gasteiger partial charge in [0.25, 0.3) is 0 Å². The van der Waals surface area contributed by atoms with Gasteiger partial charge in [0, 0.05) is 60.3 Å². The molecule has 2 saturated heterocycles. The molecule has 2 aliphatic rings. The van der Waals surface area contributed by atoms with Crippen LogP contribution in [0.2, 0.25) is 0 Å². The number of piperidine rings is 1. The number of hydrazine groups is 1. The highest BCUT2D eigenvalue weighted by atomic mass is 32.2. The molecule has 3 aromatic rings. The van der Waals surface area contributed by atoms with E-state index in [-0.39, 0.29) is 23.8 Å². The highest BCUT2D eigenvalue weighted by Crippen LogP contribution is 2.33. The molecule has 194 valence electrons. The summed E-state index contributed by atoms with van der Waals surface area (Å²) in [5, 5.41) is 0. The molecular weight excluding hydrogens is 493 g/mol. The van der Waals surface area contributed by atoms with E-state index < -0.39 is 21.5 Å². The van der Waals surface area contributed by atoms with Crippen molar-refractivity contribution in [1.29, 1.82) is 0 Å². The van der Waals surface area contributed by atoms with Gasteiger partial charge in [-0.1, -0.05) is 0 Å². The molecule has 0 radical (unpaired) electrons. The summed E-state index contributed by atoms with van der Waals surface area (Å²) in [6.45, 7) is 4.26. The molecule has 0 aliphatic carbocycles. The van der Waals surface area contributed by atoms with Gasteiger partial charge in [-0.05, 0) is 43.4 Å². The Morgan fingerprint density at radius 3 is 2.67 bits per heavy atom. The zero-order chi connectivity index (χ0) is 25.7. The Labute approximate surface area is 207 Å². The Morgan fingerprint density at radius 2 is 1.97 bits per heavy atom. The Bertz CT molecular complexity index is 1380. The summed E-state index contributed by atoms with van der Waals surface area (Å²) in [4.78, 5) is 15.4. The van der Waals surface area contributed by atoms with Gasteiger partial charge < -0.3 is 4.90 Å². The van der Waals surface area contributed by atoms with Crippen LogP contribution in [0.1, 0.15) is 18.9 Å². The standard InChI is InChI=1S/C23H29F3N8OS/c1-14-18(9-29-31-14)15-8-17(32-36(2,3)35)13-33(11-15)21-6-7-27-22(30-21)19-10-28-20-5-4-16(12-34(19)20)23(24,25)26/h4-7,10,12,14-15,17-18,29,31H,8-9,11,13H2,1-3H3/t14?,15-,17-,18?/m0/s1. The van der Waals surface area contributed by atoms with Crippen molar-refractivity contribution in [2.75, 3.05) is 37.0 Å². The van der Waals surface area contributed by atoms with Gasteiger partial charge in [0.05, 0.1) is 17.8 Å². The average Bonchev–Trinajstić information content (AvgIpc) is 3.43. The summed E-state index contributed by atoms with van der Waals surface area (Å²) in [5.74, 6) is 1.59. The van der Waals surface area contributed by atoms with E-state index in [1.54, 1.807) is 24.8 Å². The summed E-state index contributed by atoms with van der Waals surface area (Å²) in [6.07, 6.45) is 3.74. The highest BCUT2D eigenvalue weighted by molar-refractivity contribution is 7.92. The lowest BCUT2D eigenvalue weighted by Gasteiger charge is -2.40. The average molecular weight is 523 g/mol. The molecule has 3 aromatic heterocycles. The predicted molar refractivity (Wildman–Crippen MR) is 132 cm³/mol. The maximum absolute atomic E-state index is 13.3. The number of pyridine rings is 1. The Balaban J connectivity index is 1.50. The van der Waals surface area contributed by atoms with Crippen LogP contribution in [0, 0.1) is 11.8 Å². The first-order valence-electron chi connectivity index (χ1n) is 11.8. The number of fused-ring (bicyclic) bond motifs is 1. The van der Waals surface area contributed by atoms with Crippen molar-refractivity contribution in [1.82, 2.24) is 30.2 Å². The van der Waals surface area contributed by atoms with E-state index in [1.807, 2.05) is 0 Å². The molecule has 2 aliphatic heterocycles. The summed E-state index contributed by atoms with van der Waals surface area (Å²) in [5.41, 5.74) is 6.47. The monoisotopic (exact) mass is 522 g/mol. The van der Waals surface area contributed by atoms with Crippen molar-refractivity contribution in [2.45, 2.75) is 31.6 Å². The fraction of sp³-hybridized carbons (Fsp3) is 0.522. The lowest BCUT2D eigenvalue weighted by atomic mass is 9.81. The van der Waals surface area contributed by atoms with E-state index in [4.69, 9.17) is 4.98 Å². The van der Waals surface area contributed by atoms with Crippen LogP contribution in [-0.2, 0) is 15.9 Å². The van der Waals surface area contributed by atoms with Gasteiger partial charge in [-0.3, -0.25) is 19.5 Å². The fourth-order valence-electron chi connectivity index (χ4n) is 5.20. The van der Waals surface area contributed by atoms with E-state index in [0.717, 1.165) is 31.8 Å². The van der Waals surface area contributed by atoms with Crippen molar-refractivity contribution >= 4 is 21.2 Å². The van der Waals surface area contributed by atoms with Gasteiger partial charge >= 0.3 is 6.18 Å². The molecule has 2 N–H and O–H groups in total. The normalized spacial score (nSPS) is 25.4. The Kier molecular flexibility index (Phi) is 6.41. The van der Waals surface area contributed by atoms with Crippen LogP contribution in [0.3, 0.4) is 0 Å². The van der Waals surface area contributed by atoms with Crippen LogP contribution in [0.15, 0.2) is 41.2 Å². The maximum atomic E-state index is 13.3. The quantitative estimate of drug-likeness (QED) is 0.544. The number of nitrogens with one attached hydrogen (secondary N) is 2. The van der Waals surface area contributed by atoms with Gasteiger partial charge in [0.2, 0.25) is 0 Å². The largest absolute Gasteiger partial charge is 0.417 e. The lowest BCUT2D eigenvalue weighted by molar-refractivity contribution is -0.137. The van der Waals surface area contributed by atoms with Crippen molar-refractivity contribution in [3.05, 3.63) is 42.4 Å². The second kappa shape index (κ2) is 9.27. The first kappa shape index (κ1) is 24.9. The number of hydrogen-bond acceptors (Lipinski definition) is 8. The summed E-state index contributed by atoms with van der Waals surface area (Å²) >= 11 is 0. The molecule has 5 rings (SSSR count). The topological polar surface area (TPSA) is 99.8 Å². The lowest BCUT2D eigenvalue weighted by Crippen LogP contribution is -2.47. The van der Waals surface area contributed by atoms with E-state index in [1.165, 1.54) is 16.7 Å². The number of aromatic nitrogens is 4. The zero-order valence-electron chi connectivity index (χ0n) is 20.2. The number of imidazole rings is 1. The third-order valence-electron chi connectivity index (χ3n) is 6.81. The van der Waals surface area contributed by atoms with Crippen LogP contribution >= 0.6 is 0 Å². The molecule has 4 atom stereocenters. The van der Waals surface area contributed by atoms with Crippen LogP contribution in [0.5, 0.6) is 0 Å². The van der Waals surface area contributed by atoms with Gasteiger partial charge in [0.15, 0.2) is 5.82 Å². The van der Waals surface area contributed by atoms with Crippen LogP contribution in [0.25, 0.3) is 17.2 Å². The molecule has 0 saturated carbocycles. The third kappa shape index (κ3) is 5.18. The van der Waals surface area contributed by atoms with Crippen molar-refractivity contribution in [3.63, 3.8) is 0 Å². The molecule has 0 amide bonds. The smallest absolute Gasteiger partial charge is 0.354 e. The maximum Gasteiger partial charge on any atom is 0.417 e. The van der Waals surface area contributed by atoms with Gasteiger partial charge in [-0.2, -0.15) is 13.2 Å². The summed E-state index contributed by atoms with van der Waals surface area (Å²) in [7, 11) is -2.29. The number of rotatable bonds is 4. The molecule has 0 bridgehead atoms. The molecule has 0 aromatic carbocycles. The summed E-state index contributed by atoms with van der Waals surface area (Å²) in [6, 6.07) is 4.29. The minimum absolute atomic E-state index is 0.123. The minimum Gasteiger partial charge on any atom is -0.354 e. The molecule has 13 heteroatoms. The Hall–Kier alpha value is -2.77. The molecule has 2 fully saturated rings. The number of halogens is 3. The first-order valence-corrected chi connectivity index (χ1v) is 14.1. The second-order valence-electron chi connectivity index (χ2n) is 9.84. The molecule has 0 spiro atoms. The molecule has 36 heavy (non-hydrogen) atoms. The number of anilines is 1. The third-order valence-corrected chi connectivity index (χ3v) is 7.61. The van der Waals surface area contributed by atoms with Crippen LogP contribution in [0.4, 0.5) is 19.0 Å². The molecule has 9 nitrogen and oxygen atoms in total. The molecular formula is C23H29F3N8OS. The summed E-state index contributed by atoms with van der Waals surface area (Å²) < 4.78 is 58.4. The van der Waals surface area contributed by atoms with E-state index in [0.29, 0.717) is 29.6 Å². The van der Waals surface area contributed by atoms with Crippen LogP contribution < -0.4 is 15.8 Å². The first-order chi connectivity index (χ1) is 17.0. The number of alkyl halides is 3. The highest BCUT2D eigenvalue weighted by Gasteiger charge is 2.38. The fourth-order valence-corrected chi connectivity index (χ4v) is 6.07. The van der Waals surface area contributed by atoms with Crippen molar-refractivity contribution in [3.8, 4) is 11.5 Å². The predicted octanol–water partition coefficient (Wildman–Crippen LogP) is 2.85. The van der Waals surface area contributed by atoms with E-state index in [2.05, 4.69) is 37.0 Å². The SMILES string of the molecule is CC1NNCC1[C@H]1C[C@H](N=S(C)(C)=O)CN(c2ccnc(-c3cnc4ccc(C(F)(F)F)cn34)n2)C1. The second-order valence-corrected chi connectivity index (χ2v) is 12.4. The number of hydrogen-bond donors (Lipinski definition) is 2. The zero-order valence-corrected chi connectivity index (χ0v) is 21.1. The van der Waals surface area contributed by atoms with E-state index in [9.17, 15) is 17.4 Å². The number of nitrogens with zero attached hydrogens (tertiary/aromatic N) is 6. The van der Waals surface area contributed by atoms with Crippen molar-refractivity contribution in [2.24, 2.45) is 16.2 Å². The van der Waals surface area contributed by atoms with Crippen LogP contribution in [-0.4, -0.2) is 67.8 Å². The van der Waals surface area contributed by atoms with Crippen molar-refractivity contribution < 1.29 is 17.4 Å². The Morgan fingerprint density at radius 1 is 1.17 bits per heavy atom. The van der Waals surface area contributed by atoms with E-state index >= 15 is 0 Å². The van der Waals surface area contributed by atoms with Gasteiger partial charge in [0.1, 0.15) is 17.2 Å². The molecule has 5 heterocycles. The molecule has 2 unspecified atom stereocenters. The minimum atomic E-state index is -4.47. The van der Waals surface area contributed by atoms with Gasteiger partial charge in [-0.15, -0.1) is 0 Å². The van der Waals surface area contributed by atoms with Gasteiger partial charge in [-0.25, -0.2) is 19.3 Å².